The second-order valence-corrected chi connectivity index (χ2v) is 8.27. The van der Waals surface area contributed by atoms with Gasteiger partial charge in [-0.05, 0) is 26.0 Å². The first-order valence-corrected chi connectivity index (χ1v) is 9.64. The molecule has 0 saturated carbocycles. The van der Waals surface area contributed by atoms with Crippen molar-refractivity contribution in [3.63, 3.8) is 0 Å². The number of benzene rings is 1. The third-order valence-electron chi connectivity index (χ3n) is 4.29. The van der Waals surface area contributed by atoms with E-state index in [1.807, 2.05) is 6.92 Å². The Hall–Kier alpha value is -1.35. The van der Waals surface area contributed by atoms with E-state index in [9.17, 15) is 13.5 Å². The van der Waals surface area contributed by atoms with Crippen molar-refractivity contribution >= 4 is 10.0 Å². The van der Waals surface area contributed by atoms with Gasteiger partial charge in [0.15, 0.2) is 11.5 Å². The lowest BCUT2D eigenvalue weighted by Gasteiger charge is -2.39. The van der Waals surface area contributed by atoms with Crippen LogP contribution in [-0.4, -0.2) is 74.3 Å². The molecular weight excluding hydrogens is 332 g/mol. The highest BCUT2D eigenvalue weighted by molar-refractivity contribution is 7.89. The lowest BCUT2D eigenvalue weighted by Crippen LogP contribution is -2.54. The van der Waals surface area contributed by atoms with Crippen LogP contribution in [0.15, 0.2) is 23.1 Å². The van der Waals surface area contributed by atoms with Gasteiger partial charge in [-0.2, -0.15) is 4.31 Å². The number of ether oxygens (including phenoxy) is 2. The maximum Gasteiger partial charge on any atom is 0.243 e. The molecule has 2 aliphatic rings. The van der Waals surface area contributed by atoms with Crippen LogP contribution in [0.4, 0.5) is 0 Å². The van der Waals surface area contributed by atoms with Crippen LogP contribution in [0.1, 0.15) is 13.8 Å². The van der Waals surface area contributed by atoms with Crippen molar-refractivity contribution < 1.29 is 23.0 Å². The number of hydrogen-bond acceptors (Lipinski definition) is 6. The molecule has 0 aliphatic carbocycles. The number of hydrogen-bond donors (Lipinski definition) is 1. The average molecular weight is 356 g/mol. The zero-order chi connectivity index (χ0) is 17.3. The van der Waals surface area contributed by atoms with E-state index in [4.69, 9.17) is 9.47 Å². The molecule has 2 heterocycles. The van der Waals surface area contributed by atoms with Crippen molar-refractivity contribution in [1.29, 1.82) is 0 Å². The molecule has 7 nitrogen and oxygen atoms in total. The van der Waals surface area contributed by atoms with Crippen molar-refractivity contribution in [3.05, 3.63) is 18.2 Å². The fraction of sp³-hybridized carbons (Fsp3) is 0.625. The number of nitrogens with zero attached hydrogens (tertiary/aromatic N) is 2. The Balaban J connectivity index is 1.78. The van der Waals surface area contributed by atoms with Gasteiger partial charge in [0.25, 0.3) is 0 Å². The van der Waals surface area contributed by atoms with Crippen molar-refractivity contribution in [2.45, 2.75) is 30.9 Å². The highest BCUT2D eigenvalue weighted by Gasteiger charge is 2.34. The van der Waals surface area contributed by atoms with E-state index < -0.39 is 16.1 Å². The van der Waals surface area contributed by atoms with E-state index in [0.29, 0.717) is 50.9 Å². The van der Waals surface area contributed by atoms with Crippen LogP contribution < -0.4 is 9.47 Å². The van der Waals surface area contributed by atoms with E-state index in [0.717, 1.165) is 0 Å². The van der Waals surface area contributed by atoms with Crippen molar-refractivity contribution in [2.75, 3.05) is 39.4 Å². The van der Waals surface area contributed by atoms with E-state index >= 15 is 0 Å². The summed E-state index contributed by atoms with van der Waals surface area (Å²) in [6, 6.07) is 4.60. The molecule has 2 atom stereocenters. The monoisotopic (exact) mass is 356 g/mol. The molecule has 3 rings (SSSR count). The van der Waals surface area contributed by atoms with Crippen molar-refractivity contribution in [2.24, 2.45) is 0 Å². The van der Waals surface area contributed by atoms with Gasteiger partial charge in [-0.15, -0.1) is 0 Å². The fourth-order valence-electron chi connectivity index (χ4n) is 3.23. The molecule has 1 fully saturated rings. The summed E-state index contributed by atoms with van der Waals surface area (Å²) in [6.07, 6.45) is -0.418. The molecule has 1 aromatic rings. The molecule has 24 heavy (non-hydrogen) atoms. The summed E-state index contributed by atoms with van der Waals surface area (Å²) in [5.41, 5.74) is 0. The zero-order valence-electron chi connectivity index (χ0n) is 14.0. The summed E-state index contributed by atoms with van der Waals surface area (Å²) in [5.74, 6) is 1.05. The summed E-state index contributed by atoms with van der Waals surface area (Å²) in [6.45, 7) is 6.71. The van der Waals surface area contributed by atoms with Crippen LogP contribution in [0, 0.1) is 0 Å². The number of rotatable bonds is 4. The summed E-state index contributed by atoms with van der Waals surface area (Å²) in [5, 5.41) is 9.51. The summed E-state index contributed by atoms with van der Waals surface area (Å²) in [4.78, 5) is 2.31. The molecule has 0 spiro atoms. The van der Waals surface area contributed by atoms with E-state index in [1.165, 1.54) is 4.31 Å². The lowest BCUT2D eigenvalue weighted by atomic mass is 10.2. The fourth-order valence-corrected chi connectivity index (χ4v) is 4.86. The Morgan fingerprint density at radius 3 is 2.62 bits per heavy atom. The standard InChI is InChI=1S/C16H24N2O5S/c1-12-10-17(11-13(2)19)5-6-18(12)24(20,21)14-3-4-15-16(9-14)23-8-7-22-15/h3-4,9,12-13,19H,5-8,10-11H2,1-2H3/t12-,13+/m0/s1. The Labute approximate surface area is 142 Å². The average Bonchev–Trinajstić information content (AvgIpc) is 2.53. The number of aliphatic hydroxyl groups is 1. The minimum Gasteiger partial charge on any atom is -0.486 e. The molecule has 0 unspecified atom stereocenters. The first-order valence-electron chi connectivity index (χ1n) is 8.20. The maximum atomic E-state index is 13.0. The zero-order valence-corrected chi connectivity index (χ0v) is 14.8. The molecule has 1 N–H and O–H groups in total. The molecule has 8 heteroatoms. The molecule has 0 amide bonds. The predicted octanol–water partition coefficient (Wildman–Crippen LogP) is 0.533. The Morgan fingerprint density at radius 2 is 1.96 bits per heavy atom. The van der Waals surface area contributed by atoms with Crippen LogP contribution in [0.3, 0.4) is 0 Å². The molecule has 2 aliphatic heterocycles. The van der Waals surface area contributed by atoms with Crippen LogP contribution in [0.5, 0.6) is 11.5 Å². The van der Waals surface area contributed by atoms with Crippen molar-refractivity contribution in [3.8, 4) is 11.5 Å². The number of β-amino-alcohol motifs (C(OH)–C–C–N with tert-alkyl or cyclic N) is 1. The largest absolute Gasteiger partial charge is 0.486 e. The van der Waals surface area contributed by atoms with Gasteiger partial charge in [-0.3, -0.25) is 4.90 Å². The molecular formula is C16H24N2O5S. The van der Waals surface area contributed by atoms with Gasteiger partial charge in [-0.25, -0.2) is 8.42 Å². The molecule has 0 radical (unpaired) electrons. The molecule has 0 bridgehead atoms. The summed E-state index contributed by atoms with van der Waals surface area (Å²) < 4.78 is 38.4. The van der Waals surface area contributed by atoms with E-state index in [1.54, 1.807) is 25.1 Å². The number of sulfonamides is 1. The van der Waals surface area contributed by atoms with Crippen LogP contribution in [0.2, 0.25) is 0 Å². The van der Waals surface area contributed by atoms with Gasteiger partial charge in [0, 0.05) is 38.3 Å². The Morgan fingerprint density at radius 1 is 1.25 bits per heavy atom. The van der Waals surface area contributed by atoms with E-state index in [-0.39, 0.29) is 10.9 Å². The number of fused-ring (bicyclic) bond motifs is 1. The quantitative estimate of drug-likeness (QED) is 0.848. The highest BCUT2D eigenvalue weighted by atomic mass is 32.2. The molecule has 134 valence electrons. The summed E-state index contributed by atoms with van der Waals surface area (Å²) >= 11 is 0. The first-order chi connectivity index (χ1) is 11.4. The van der Waals surface area contributed by atoms with Crippen LogP contribution in [0.25, 0.3) is 0 Å². The van der Waals surface area contributed by atoms with Crippen LogP contribution in [-0.2, 0) is 10.0 Å². The highest BCUT2D eigenvalue weighted by Crippen LogP contribution is 2.33. The molecule has 0 aromatic heterocycles. The number of aliphatic hydroxyl groups excluding tert-OH is 1. The Bertz CT molecular complexity index is 692. The minimum absolute atomic E-state index is 0.157. The van der Waals surface area contributed by atoms with Gasteiger partial charge in [0.2, 0.25) is 10.0 Å². The van der Waals surface area contributed by atoms with Gasteiger partial charge in [-0.1, -0.05) is 0 Å². The SMILES string of the molecule is C[C@@H](O)CN1CCN(S(=O)(=O)c2ccc3c(c2)OCCO3)[C@@H](C)C1. The second-order valence-electron chi connectivity index (χ2n) is 6.38. The Kier molecular flexibility index (Phi) is 5.00. The lowest BCUT2D eigenvalue weighted by molar-refractivity contribution is 0.0840. The van der Waals surface area contributed by atoms with Crippen LogP contribution >= 0.6 is 0 Å². The third kappa shape index (κ3) is 3.51. The number of piperazine rings is 1. The normalized spacial score (nSPS) is 23.9. The minimum atomic E-state index is -3.59. The topological polar surface area (TPSA) is 79.3 Å². The van der Waals surface area contributed by atoms with Gasteiger partial charge < -0.3 is 14.6 Å². The second kappa shape index (κ2) is 6.87. The van der Waals surface area contributed by atoms with Crippen molar-refractivity contribution in [1.82, 2.24) is 9.21 Å². The van der Waals surface area contributed by atoms with Gasteiger partial charge >= 0.3 is 0 Å². The first kappa shape index (κ1) is 17.5. The third-order valence-corrected chi connectivity index (χ3v) is 6.30. The van der Waals surface area contributed by atoms with E-state index in [2.05, 4.69) is 4.90 Å². The predicted molar refractivity (Wildman–Crippen MR) is 88.9 cm³/mol. The van der Waals surface area contributed by atoms with Gasteiger partial charge in [0.05, 0.1) is 11.0 Å². The molecule has 1 aromatic carbocycles. The maximum absolute atomic E-state index is 13.0. The smallest absolute Gasteiger partial charge is 0.243 e. The summed E-state index contributed by atoms with van der Waals surface area (Å²) in [7, 11) is -3.59. The van der Waals surface area contributed by atoms with Gasteiger partial charge in [0.1, 0.15) is 13.2 Å². The molecule has 1 saturated heterocycles.